The molecule has 1 saturated heterocycles. The van der Waals surface area contributed by atoms with Crippen LogP contribution in [0.3, 0.4) is 0 Å². The van der Waals surface area contributed by atoms with Crippen molar-refractivity contribution in [2.45, 2.75) is 83.3 Å². The monoisotopic (exact) mass is 294 g/mol. The largest absolute Gasteiger partial charge is 0.478 e. The van der Waals surface area contributed by atoms with Gasteiger partial charge in [-0.3, -0.25) is 0 Å². The zero-order chi connectivity index (χ0) is 15.3. The zero-order valence-electron chi connectivity index (χ0n) is 13.3. The highest BCUT2D eigenvalue weighted by Gasteiger charge is 2.36. The molecule has 1 fully saturated rings. The van der Waals surface area contributed by atoms with Crippen LogP contribution in [0.1, 0.15) is 71.1 Å². The summed E-state index contributed by atoms with van der Waals surface area (Å²) in [4.78, 5) is 10.3. The molecule has 1 N–H and O–H groups in total. The quantitative estimate of drug-likeness (QED) is 0.228. The molecule has 0 aromatic carbocycles. The Bertz CT molecular complexity index is 333. The van der Waals surface area contributed by atoms with Crippen LogP contribution in [0.25, 0.3) is 0 Å². The van der Waals surface area contributed by atoms with Gasteiger partial charge in [0.25, 0.3) is 0 Å². The van der Waals surface area contributed by atoms with Gasteiger partial charge in [-0.15, -0.1) is 0 Å². The second kappa shape index (κ2) is 11.6. The number of hydrogen-bond acceptors (Lipinski definition) is 2. The maximum Gasteiger partial charge on any atom is 0.327 e. The van der Waals surface area contributed by atoms with E-state index in [2.05, 4.69) is 19.1 Å². The van der Waals surface area contributed by atoms with Crippen LogP contribution in [0, 0.1) is 0 Å². The van der Waals surface area contributed by atoms with Crippen molar-refractivity contribution in [1.82, 2.24) is 0 Å². The molecule has 1 aliphatic rings. The van der Waals surface area contributed by atoms with Gasteiger partial charge in [-0.25, -0.2) is 4.79 Å². The molecule has 2 atom stereocenters. The summed E-state index contributed by atoms with van der Waals surface area (Å²) >= 11 is 0. The Balaban J connectivity index is 1.88. The van der Waals surface area contributed by atoms with Gasteiger partial charge in [0.05, 0.1) is 12.2 Å². The van der Waals surface area contributed by atoms with Crippen LogP contribution in [-0.4, -0.2) is 23.3 Å². The lowest BCUT2D eigenvalue weighted by Gasteiger charge is -1.97. The first-order valence-corrected chi connectivity index (χ1v) is 8.44. The minimum Gasteiger partial charge on any atom is -0.478 e. The van der Waals surface area contributed by atoms with Crippen LogP contribution in [0.15, 0.2) is 24.3 Å². The van der Waals surface area contributed by atoms with E-state index in [0.29, 0.717) is 12.2 Å². The maximum absolute atomic E-state index is 10.3. The molecule has 3 nitrogen and oxygen atoms in total. The number of allylic oxidation sites excluding steroid dienone is 2. The Labute approximate surface area is 129 Å². The van der Waals surface area contributed by atoms with E-state index in [-0.39, 0.29) is 0 Å². The third-order valence-electron chi connectivity index (χ3n) is 3.83. The summed E-state index contributed by atoms with van der Waals surface area (Å²) in [6, 6.07) is 0. The van der Waals surface area contributed by atoms with Gasteiger partial charge in [-0.2, -0.15) is 0 Å². The number of rotatable bonds is 13. The Hall–Kier alpha value is -1.09. The first kappa shape index (κ1) is 18.0. The highest BCUT2D eigenvalue weighted by Crippen LogP contribution is 2.29. The van der Waals surface area contributed by atoms with E-state index in [1.165, 1.54) is 51.0 Å². The average Bonchev–Trinajstić information content (AvgIpc) is 3.20. The van der Waals surface area contributed by atoms with E-state index < -0.39 is 5.97 Å². The van der Waals surface area contributed by atoms with Gasteiger partial charge >= 0.3 is 5.97 Å². The summed E-state index contributed by atoms with van der Waals surface area (Å²) in [5.74, 6) is -0.874. The molecule has 120 valence electrons. The smallest absolute Gasteiger partial charge is 0.327 e. The molecule has 3 heteroatoms. The van der Waals surface area contributed by atoms with E-state index in [4.69, 9.17) is 9.84 Å². The second-order valence-electron chi connectivity index (χ2n) is 5.79. The summed E-state index contributed by atoms with van der Waals surface area (Å²) in [5, 5.41) is 8.47. The van der Waals surface area contributed by atoms with Crippen LogP contribution >= 0.6 is 0 Å². The second-order valence-corrected chi connectivity index (χ2v) is 5.79. The van der Waals surface area contributed by atoms with E-state index in [1.807, 2.05) is 0 Å². The number of ether oxygens (including phenoxy) is 1. The fourth-order valence-corrected chi connectivity index (χ4v) is 2.48. The van der Waals surface area contributed by atoms with Gasteiger partial charge in [0.15, 0.2) is 0 Å². The van der Waals surface area contributed by atoms with Crippen LogP contribution in [0.5, 0.6) is 0 Å². The Morgan fingerprint density at radius 3 is 2.52 bits per heavy atom. The molecule has 0 radical (unpaired) electrons. The number of unbranched alkanes of at least 4 members (excludes halogenated alkanes) is 6. The molecule has 21 heavy (non-hydrogen) atoms. The van der Waals surface area contributed by atoms with Crippen molar-refractivity contribution in [2.24, 2.45) is 0 Å². The van der Waals surface area contributed by atoms with Crippen LogP contribution in [-0.2, 0) is 9.53 Å². The SMILES string of the molecule is CCCCCCCCC=CCC1OC1CC/C=C\C(=O)O. The third-order valence-corrected chi connectivity index (χ3v) is 3.83. The van der Waals surface area contributed by atoms with Gasteiger partial charge in [-0.1, -0.05) is 57.3 Å². The normalized spacial score (nSPS) is 21.4. The van der Waals surface area contributed by atoms with Gasteiger partial charge in [0.2, 0.25) is 0 Å². The maximum atomic E-state index is 10.3. The van der Waals surface area contributed by atoms with Crippen molar-refractivity contribution in [2.75, 3.05) is 0 Å². The predicted octanol–water partition coefficient (Wildman–Crippen LogP) is 4.87. The first-order chi connectivity index (χ1) is 10.2. The van der Waals surface area contributed by atoms with Crippen molar-refractivity contribution in [3.63, 3.8) is 0 Å². The lowest BCUT2D eigenvalue weighted by atomic mass is 10.1. The molecule has 0 amide bonds. The van der Waals surface area contributed by atoms with Crippen molar-refractivity contribution in [1.29, 1.82) is 0 Å². The average molecular weight is 294 g/mol. The molecule has 0 aromatic heterocycles. The molecule has 0 spiro atoms. The summed E-state index contributed by atoms with van der Waals surface area (Å²) in [6.45, 7) is 2.25. The standard InChI is InChI=1S/C18H30O3/c1-2-3-4-5-6-7-8-9-10-13-16-17(21-16)14-11-12-15-18(19)20/h9-10,12,15-17H,2-8,11,13-14H2,1H3,(H,19,20)/b10-9?,15-12-. The Morgan fingerprint density at radius 2 is 1.76 bits per heavy atom. The van der Waals surface area contributed by atoms with E-state index in [9.17, 15) is 4.79 Å². The molecule has 1 aliphatic heterocycles. The molecule has 0 aliphatic carbocycles. The number of carboxylic acid groups (broad SMARTS) is 1. The van der Waals surface area contributed by atoms with Crippen LogP contribution in [0.4, 0.5) is 0 Å². The van der Waals surface area contributed by atoms with Crippen molar-refractivity contribution in [3.8, 4) is 0 Å². The van der Waals surface area contributed by atoms with Crippen LogP contribution < -0.4 is 0 Å². The van der Waals surface area contributed by atoms with Crippen molar-refractivity contribution in [3.05, 3.63) is 24.3 Å². The minimum absolute atomic E-state index is 0.335. The molecule has 0 saturated carbocycles. The Morgan fingerprint density at radius 1 is 1.00 bits per heavy atom. The summed E-state index contributed by atoms with van der Waals surface area (Å²) in [6.07, 6.45) is 20.1. The van der Waals surface area contributed by atoms with Gasteiger partial charge in [0.1, 0.15) is 0 Å². The first-order valence-electron chi connectivity index (χ1n) is 8.44. The molecular weight excluding hydrogens is 264 g/mol. The molecular formula is C18H30O3. The van der Waals surface area contributed by atoms with E-state index in [0.717, 1.165) is 19.3 Å². The number of hydrogen-bond donors (Lipinski definition) is 1. The number of carboxylic acids is 1. The molecule has 0 bridgehead atoms. The zero-order valence-corrected chi connectivity index (χ0v) is 13.3. The van der Waals surface area contributed by atoms with Crippen molar-refractivity contribution < 1.29 is 14.6 Å². The summed E-state index contributed by atoms with van der Waals surface area (Å²) < 4.78 is 5.56. The third kappa shape index (κ3) is 10.3. The highest BCUT2D eigenvalue weighted by molar-refractivity contribution is 5.79. The lowest BCUT2D eigenvalue weighted by molar-refractivity contribution is -0.131. The predicted molar refractivity (Wildman–Crippen MR) is 86.4 cm³/mol. The highest BCUT2D eigenvalue weighted by atomic mass is 16.6. The van der Waals surface area contributed by atoms with Gasteiger partial charge < -0.3 is 9.84 Å². The molecule has 2 unspecified atom stereocenters. The number of epoxide rings is 1. The summed E-state index contributed by atoms with van der Waals surface area (Å²) in [5.41, 5.74) is 0. The van der Waals surface area contributed by atoms with Crippen LogP contribution in [0.2, 0.25) is 0 Å². The minimum atomic E-state index is -0.874. The van der Waals surface area contributed by atoms with Crippen molar-refractivity contribution >= 4 is 5.97 Å². The lowest BCUT2D eigenvalue weighted by Crippen LogP contribution is -1.92. The molecule has 1 heterocycles. The fraction of sp³-hybridized carbons (Fsp3) is 0.722. The Kier molecular flexibility index (Phi) is 9.88. The number of aliphatic carboxylic acids is 1. The van der Waals surface area contributed by atoms with Gasteiger partial charge in [0, 0.05) is 6.08 Å². The van der Waals surface area contributed by atoms with Gasteiger partial charge in [-0.05, 0) is 32.1 Å². The summed E-state index contributed by atoms with van der Waals surface area (Å²) in [7, 11) is 0. The number of carbonyl (C=O) groups is 1. The van der Waals surface area contributed by atoms with E-state index in [1.54, 1.807) is 6.08 Å². The van der Waals surface area contributed by atoms with E-state index >= 15 is 0 Å². The fourth-order valence-electron chi connectivity index (χ4n) is 2.48. The molecule has 1 rings (SSSR count). The molecule has 0 aromatic rings. The topological polar surface area (TPSA) is 49.8 Å².